The lowest BCUT2D eigenvalue weighted by molar-refractivity contribution is -0.120. The van der Waals surface area contributed by atoms with E-state index in [9.17, 15) is 9.59 Å². The van der Waals surface area contributed by atoms with Crippen molar-refractivity contribution in [3.05, 3.63) is 60.2 Å². The van der Waals surface area contributed by atoms with Crippen LogP contribution in [0.15, 0.2) is 54.6 Å². The highest BCUT2D eigenvalue weighted by molar-refractivity contribution is 6.04. The average molecular weight is 393 g/mol. The van der Waals surface area contributed by atoms with Crippen molar-refractivity contribution in [3.8, 4) is 0 Å². The van der Waals surface area contributed by atoms with Crippen molar-refractivity contribution in [3.63, 3.8) is 0 Å². The minimum absolute atomic E-state index is 0.0000563. The number of carbonyl (C=O) groups excluding carboxylic acids is 2. The summed E-state index contributed by atoms with van der Waals surface area (Å²) < 4.78 is 5.33. The van der Waals surface area contributed by atoms with Crippen molar-refractivity contribution in [1.82, 2.24) is 4.90 Å². The summed E-state index contributed by atoms with van der Waals surface area (Å²) in [6.07, 6.45) is 1.61. The van der Waals surface area contributed by atoms with Crippen LogP contribution in [0.3, 0.4) is 0 Å². The second-order valence-corrected chi connectivity index (χ2v) is 7.54. The first-order chi connectivity index (χ1) is 14.2. The lowest BCUT2D eigenvalue weighted by atomic mass is 9.95. The zero-order valence-corrected chi connectivity index (χ0v) is 16.5. The SMILES string of the molecule is O=C(Nc1ccccc1C(=O)N1CCOCC1)C1CCN(c2ccccc2)CC1. The van der Waals surface area contributed by atoms with Gasteiger partial charge in [-0.3, -0.25) is 9.59 Å². The van der Waals surface area contributed by atoms with Crippen molar-refractivity contribution < 1.29 is 14.3 Å². The van der Waals surface area contributed by atoms with E-state index < -0.39 is 0 Å². The van der Waals surface area contributed by atoms with Crippen LogP contribution in [-0.4, -0.2) is 56.1 Å². The molecule has 0 spiro atoms. The number of para-hydroxylation sites is 2. The molecule has 0 aliphatic carbocycles. The number of piperidine rings is 1. The van der Waals surface area contributed by atoms with Gasteiger partial charge in [0.25, 0.3) is 5.91 Å². The second kappa shape index (κ2) is 9.09. The van der Waals surface area contributed by atoms with E-state index in [1.165, 1.54) is 5.69 Å². The van der Waals surface area contributed by atoms with Crippen LogP contribution >= 0.6 is 0 Å². The number of anilines is 2. The topological polar surface area (TPSA) is 61.9 Å². The van der Waals surface area contributed by atoms with Crippen molar-refractivity contribution >= 4 is 23.2 Å². The van der Waals surface area contributed by atoms with E-state index in [0.717, 1.165) is 25.9 Å². The quantitative estimate of drug-likeness (QED) is 0.867. The molecular weight excluding hydrogens is 366 g/mol. The van der Waals surface area contributed by atoms with Crippen LogP contribution in [0.25, 0.3) is 0 Å². The number of ether oxygens (including phenoxy) is 1. The molecule has 152 valence electrons. The molecule has 0 aromatic heterocycles. The van der Waals surface area contributed by atoms with E-state index in [1.807, 2.05) is 36.4 Å². The molecule has 1 N–H and O–H groups in total. The predicted molar refractivity (Wildman–Crippen MR) is 113 cm³/mol. The summed E-state index contributed by atoms with van der Waals surface area (Å²) in [6, 6.07) is 17.6. The Morgan fingerprint density at radius 2 is 1.52 bits per heavy atom. The Labute approximate surface area is 171 Å². The van der Waals surface area contributed by atoms with Gasteiger partial charge in [0.15, 0.2) is 0 Å². The average Bonchev–Trinajstić information content (AvgIpc) is 2.80. The maximum atomic E-state index is 12.9. The van der Waals surface area contributed by atoms with Gasteiger partial charge in [0.2, 0.25) is 5.91 Å². The Kier molecular flexibility index (Phi) is 6.10. The molecule has 0 saturated carbocycles. The fourth-order valence-electron chi connectivity index (χ4n) is 3.99. The summed E-state index contributed by atoms with van der Waals surface area (Å²) in [7, 11) is 0. The molecule has 0 bridgehead atoms. The molecule has 0 radical (unpaired) electrons. The molecule has 2 heterocycles. The highest BCUT2D eigenvalue weighted by Gasteiger charge is 2.27. The first-order valence-corrected chi connectivity index (χ1v) is 10.3. The van der Waals surface area contributed by atoms with Crippen LogP contribution in [-0.2, 0) is 9.53 Å². The Bertz CT molecular complexity index is 841. The summed E-state index contributed by atoms with van der Waals surface area (Å²) in [5.41, 5.74) is 2.34. The number of nitrogens with zero attached hydrogens (tertiary/aromatic N) is 2. The summed E-state index contributed by atoms with van der Waals surface area (Å²) in [5.74, 6) is -0.0930. The van der Waals surface area contributed by atoms with Gasteiger partial charge >= 0.3 is 0 Å². The van der Waals surface area contributed by atoms with Crippen LogP contribution in [0.2, 0.25) is 0 Å². The summed E-state index contributed by atoms with van der Waals surface area (Å²) >= 11 is 0. The van der Waals surface area contributed by atoms with Crippen LogP contribution in [0.1, 0.15) is 23.2 Å². The number of nitrogens with one attached hydrogen (secondary N) is 1. The molecule has 2 aliphatic rings. The first kappa shape index (κ1) is 19.5. The van der Waals surface area contributed by atoms with Crippen LogP contribution < -0.4 is 10.2 Å². The van der Waals surface area contributed by atoms with Crippen molar-refractivity contribution in [2.24, 2.45) is 5.92 Å². The van der Waals surface area contributed by atoms with E-state index in [0.29, 0.717) is 37.6 Å². The molecule has 2 aromatic carbocycles. The van der Waals surface area contributed by atoms with Gasteiger partial charge in [-0.1, -0.05) is 30.3 Å². The molecule has 2 saturated heterocycles. The lowest BCUT2D eigenvalue weighted by Gasteiger charge is -2.33. The van der Waals surface area contributed by atoms with Crippen LogP contribution in [0.5, 0.6) is 0 Å². The van der Waals surface area contributed by atoms with E-state index in [4.69, 9.17) is 4.74 Å². The molecule has 29 heavy (non-hydrogen) atoms. The standard InChI is InChI=1S/C23H27N3O3/c27-22(18-10-12-25(13-11-18)19-6-2-1-3-7-19)24-21-9-5-4-8-20(21)23(28)26-14-16-29-17-15-26/h1-9,18H,10-17H2,(H,24,27). The fourth-order valence-corrected chi connectivity index (χ4v) is 3.99. The summed E-state index contributed by atoms with van der Waals surface area (Å²) in [5, 5.41) is 3.02. The Morgan fingerprint density at radius 3 is 2.24 bits per heavy atom. The minimum Gasteiger partial charge on any atom is -0.378 e. The first-order valence-electron chi connectivity index (χ1n) is 10.3. The largest absolute Gasteiger partial charge is 0.378 e. The number of carbonyl (C=O) groups is 2. The Hall–Kier alpha value is -2.86. The van der Waals surface area contributed by atoms with E-state index in [1.54, 1.807) is 11.0 Å². The zero-order valence-electron chi connectivity index (χ0n) is 16.5. The monoisotopic (exact) mass is 393 g/mol. The van der Waals surface area contributed by atoms with E-state index >= 15 is 0 Å². The molecule has 6 heteroatoms. The van der Waals surface area contributed by atoms with E-state index in [-0.39, 0.29) is 17.7 Å². The second-order valence-electron chi connectivity index (χ2n) is 7.54. The van der Waals surface area contributed by atoms with Gasteiger partial charge < -0.3 is 19.9 Å². The molecule has 0 atom stereocenters. The zero-order chi connectivity index (χ0) is 20.1. The highest BCUT2D eigenvalue weighted by atomic mass is 16.5. The molecule has 4 rings (SSSR count). The van der Waals surface area contributed by atoms with Gasteiger partial charge in [0.05, 0.1) is 24.5 Å². The number of amides is 2. The molecule has 0 unspecified atom stereocenters. The molecule has 2 aromatic rings. The maximum absolute atomic E-state index is 12.9. The number of hydrogen-bond acceptors (Lipinski definition) is 4. The smallest absolute Gasteiger partial charge is 0.256 e. The fraction of sp³-hybridized carbons (Fsp3) is 0.391. The van der Waals surface area contributed by atoms with Gasteiger partial charge in [0.1, 0.15) is 0 Å². The molecule has 2 aliphatic heterocycles. The number of benzene rings is 2. The van der Waals surface area contributed by atoms with Crippen LogP contribution in [0, 0.1) is 5.92 Å². The predicted octanol–water partition coefficient (Wildman–Crippen LogP) is 3.01. The minimum atomic E-state index is -0.0527. The normalized spacial score (nSPS) is 17.8. The lowest BCUT2D eigenvalue weighted by Crippen LogP contribution is -2.41. The van der Waals surface area contributed by atoms with Gasteiger partial charge in [-0.2, -0.15) is 0 Å². The van der Waals surface area contributed by atoms with E-state index in [2.05, 4.69) is 22.3 Å². The van der Waals surface area contributed by atoms with Gasteiger partial charge in [-0.25, -0.2) is 0 Å². The maximum Gasteiger partial charge on any atom is 0.256 e. The van der Waals surface area contributed by atoms with Gasteiger partial charge in [0, 0.05) is 37.8 Å². The number of morpholine rings is 1. The van der Waals surface area contributed by atoms with Crippen LogP contribution in [0.4, 0.5) is 11.4 Å². The van der Waals surface area contributed by atoms with Crippen molar-refractivity contribution in [2.75, 3.05) is 49.6 Å². The number of hydrogen-bond donors (Lipinski definition) is 1. The summed E-state index contributed by atoms with van der Waals surface area (Å²) in [4.78, 5) is 29.9. The Morgan fingerprint density at radius 1 is 0.862 bits per heavy atom. The van der Waals surface area contributed by atoms with Crippen molar-refractivity contribution in [2.45, 2.75) is 12.8 Å². The van der Waals surface area contributed by atoms with Gasteiger partial charge in [-0.15, -0.1) is 0 Å². The van der Waals surface area contributed by atoms with Gasteiger partial charge in [-0.05, 0) is 37.1 Å². The summed E-state index contributed by atoms with van der Waals surface area (Å²) in [6.45, 7) is 3.99. The highest BCUT2D eigenvalue weighted by Crippen LogP contribution is 2.25. The third kappa shape index (κ3) is 4.59. The number of rotatable bonds is 4. The molecular formula is C23H27N3O3. The molecule has 2 fully saturated rings. The third-order valence-electron chi connectivity index (χ3n) is 5.70. The van der Waals surface area contributed by atoms with Crippen molar-refractivity contribution in [1.29, 1.82) is 0 Å². The third-order valence-corrected chi connectivity index (χ3v) is 5.70. The molecule has 2 amide bonds. The molecule has 6 nitrogen and oxygen atoms in total. The Balaban J connectivity index is 1.38.